The number of aliphatic hydroxyl groups is 1. The number of nitrogens with one attached hydrogen (secondary N) is 2. The lowest BCUT2D eigenvalue weighted by molar-refractivity contribution is 0.0226. The third-order valence-electron chi connectivity index (χ3n) is 5.27. The van der Waals surface area contributed by atoms with E-state index in [1.807, 2.05) is 49.9 Å². The number of rotatable bonds is 8. The largest absolute Gasteiger partial charge is 0.444 e. The minimum atomic E-state index is -0.732. The minimum Gasteiger partial charge on any atom is -0.444 e. The molecule has 0 spiro atoms. The minimum absolute atomic E-state index is 0.140. The van der Waals surface area contributed by atoms with Gasteiger partial charge in [-0.2, -0.15) is 0 Å². The van der Waals surface area contributed by atoms with Gasteiger partial charge in [-0.3, -0.25) is 4.79 Å². The maximum absolute atomic E-state index is 12.5. The van der Waals surface area contributed by atoms with Gasteiger partial charge in [-0.1, -0.05) is 23.7 Å². The van der Waals surface area contributed by atoms with Crippen molar-refractivity contribution in [1.82, 2.24) is 10.2 Å². The lowest BCUT2D eigenvalue weighted by Gasteiger charge is -2.28. The van der Waals surface area contributed by atoms with E-state index in [1.165, 1.54) is 11.3 Å². The monoisotopic (exact) mass is 493 g/mol. The molecule has 1 unspecified atom stereocenters. The van der Waals surface area contributed by atoms with Crippen LogP contribution in [0.3, 0.4) is 0 Å². The summed E-state index contributed by atoms with van der Waals surface area (Å²) in [7, 11) is 0. The highest BCUT2D eigenvalue weighted by Gasteiger charge is 2.32. The van der Waals surface area contributed by atoms with Crippen LogP contribution in [0.2, 0.25) is 4.34 Å². The number of halogens is 1. The molecule has 0 bridgehead atoms. The van der Waals surface area contributed by atoms with Gasteiger partial charge >= 0.3 is 6.09 Å². The first kappa shape index (κ1) is 25.3. The van der Waals surface area contributed by atoms with Crippen LogP contribution in [-0.4, -0.2) is 59.4 Å². The van der Waals surface area contributed by atoms with E-state index in [0.29, 0.717) is 15.8 Å². The molecule has 2 amide bonds. The summed E-state index contributed by atoms with van der Waals surface area (Å²) in [6.45, 7) is 6.82. The first-order valence-corrected chi connectivity index (χ1v) is 12.3. The predicted octanol–water partition coefficient (Wildman–Crippen LogP) is 4.55. The van der Waals surface area contributed by atoms with Gasteiger partial charge in [0.25, 0.3) is 5.91 Å². The second kappa shape index (κ2) is 11.2. The summed E-state index contributed by atoms with van der Waals surface area (Å²) in [5, 5.41) is 16.1. The summed E-state index contributed by atoms with van der Waals surface area (Å²) < 4.78 is 6.10. The van der Waals surface area contributed by atoms with E-state index in [2.05, 4.69) is 10.6 Å². The number of ether oxygens (including phenoxy) is 1. The SMILES string of the molecule is CC(C)(C)OC(=O)N1CCC[C@H]1Cc1ccc(NCC(O)CNC(=O)c2ccc(Cl)s2)cc1. The Bertz CT molecular complexity index is 942. The van der Waals surface area contributed by atoms with Gasteiger partial charge in [0, 0.05) is 31.4 Å². The van der Waals surface area contributed by atoms with Crippen molar-refractivity contribution in [3.8, 4) is 0 Å². The Labute approximate surface area is 204 Å². The Morgan fingerprint density at radius 3 is 2.58 bits per heavy atom. The molecular formula is C24H32ClN3O4S. The average Bonchev–Trinajstić information content (AvgIpc) is 3.39. The molecule has 0 aliphatic carbocycles. The lowest BCUT2D eigenvalue weighted by Crippen LogP contribution is -2.40. The molecule has 0 radical (unpaired) electrons. The second-order valence-corrected chi connectivity index (χ2v) is 10.9. The highest BCUT2D eigenvalue weighted by molar-refractivity contribution is 7.17. The highest BCUT2D eigenvalue weighted by Crippen LogP contribution is 2.24. The van der Waals surface area contributed by atoms with Gasteiger partial charge in [-0.05, 0) is 69.9 Å². The molecule has 1 aliphatic heterocycles. The molecule has 1 aromatic carbocycles. The van der Waals surface area contributed by atoms with Gasteiger partial charge in [0.2, 0.25) is 0 Å². The fraction of sp³-hybridized carbons (Fsp3) is 0.500. The van der Waals surface area contributed by atoms with Crippen LogP contribution < -0.4 is 10.6 Å². The van der Waals surface area contributed by atoms with Crippen molar-refractivity contribution in [3.05, 3.63) is 51.2 Å². The number of carbonyl (C=O) groups excluding carboxylic acids is 2. The highest BCUT2D eigenvalue weighted by atomic mass is 35.5. The Balaban J connectivity index is 1.43. The Morgan fingerprint density at radius 1 is 1.21 bits per heavy atom. The van der Waals surface area contributed by atoms with Gasteiger partial charge < -0.3 is 25.4 Å². The molecule has 2 heterocycles. The predicted molar refractivity (Wildman–Crippen MR) is 132 cm³/mol. The Kier molecular flexibility index (Phi) is 8.62. The summed E-state index contributed by atoms with van der Waals surface area (Å²) in [5.74, 6) is -0.248. The standard InChI is InChI=1S/C24H32ClN3O4S/c1-24(2,3)32-23(31)28-12-4-5-18(28)13-16-6-8-17(9-7-16)26-14-19(29)15-27-22(30)20-10-11-21(25)33-20/h6-11,18-19,26,29H,4-5,12-15H2,1-3H3,(H,27,30)/t18-,19?/m0/s1. The number of carbonyl (C=O) groups is 2. The molecule has 3 rings (SSSR count). The summed E-state index contributed by atoms with van der Waals surface area (Å²) in [4.78, 5) is 26.9. The maximum Gasteiger partial charge on any atom is 0.410 e. The van der Waals surface area contributed by atoms with Crippen LogP contribution in [0.15, 0.2) is 36.4 Å². The molecule has 2 atom stereocenters. The number of thiophene rings is 1. The van der Waals surface area contributed by atoms with Crippen LogP contribution in [0.1, 0.15) is 48.8 Å². The van der Waals surface area contributed by atoms with Crippen LogP contribution in [0.5, 0.6) is 0 Å². The third-order valence-corrected chi connectivity index (χ3v) is 6.50. The van der Waals surface area contributed by atoms with Crippen LogP contribution in [0.25, 0.3) is 0 Å². The number of nitrogens with zero attached hydrogens (tertiary/aromatic N) is 1. The van der Waals surface area contributed by atoms with Crippen molar-refractivity contribution < 1.29 is 19.4 Å². The van der Waals surface area contributed by atoms with Crippen molar-refractivity contribution in [1.29, 1.82) is 0 Å². The molecule has 180 valence electrons. The van der Waals surface area contributed by atoms with Gasteiger partial charge in [0.1, 0.15) is 5.60 Å². The first-order valence-electron chi connectivity index (χ1n) is 11.1. The molecule has 33 heavy (non-hydrogen) atoms. The summed E-state index contributed by atoms with van der Waals surface area (Å²) in [5.41, 5.74) is 1.52. The van der Waals surface area contributed by atoms with Crippen LogP contribution >= 0.6 is 22.9 Å². The average molecular weight is 494 g/mol. The molecule has 9 heteroatoms. The first-order chi connectivity index (χ1) is 15.6. The van der Waals surface area contributed by atoms with Gasteiger partial charge in [0.05, 0.1) is 15.3 Å². The van der Waals surface area contributed by atoms with Crippen LogP contribution in [0.4, 0.5) is 10.5 Å². The van der Waals surface area contributed by atoms with Crippen LogP contribution in [0, 0.1) is 0 Å². The third kappa shape index (κ3) is 7.91. The summed E-state index contributed by atoms with van der Waals surface area (Å²) in [6, 6.07) is 11.5. The topological polar surface area (TPSA) is 90.9 Å². The number of benzene rings is 1. The van der Waals surface area contributed by atoms with E-state index >= 15 is 0 Å². The van der Waals surface area contributed by atoms with Gasteiger partial charge in [-0.15, -0.1) is 11.3 Å². The number of anilines is 1. The molecule has 1 aliphatic rings. The van der Waals surface area contributed by atoms with E-state index in [-0.39, 0.29) is 24.6 Å². The molecule has 7 nitrogen and oxygen atoms in total. The van der Waals surface area contributed by atoms with E-state index in [9.17, 15) is 14.7 Å². The molecule has 1 saturated heterocycles. The molecular weight excluding hydrogens is 462 g/mol. The number of amides is 2. The van der Waals surface area contributed by atoms with Crippen molar-refractivity contribution in [2.75, 3.05) is 25.0 Å². The summed E-state index contributed by atoms with van der Waals surface area (Å²) >= 11 is 7.04. The summed E-state index contributed by atoms with van der Waals surface area (Å²) in [6.07, 6.45) is 1.75. The van der Waals surface area contributed by atoms with Gasteiger partial charge in [0.15, 0.2) is 0 Å². The van der Waals surface area contributed by atoms with Crippen molar-refractivity contribution in [3.63, 3.8) is 0 Å². The maximum atomic E-state index is 12.5. The zero-order chi connectivity index (χ0) is 24.0. The van der Waals surface area contributed by atoms with Crippen LogP contribution in [-0.2, 0) is 11.2 Å². The zero-order valence-electron chi connectivity index (χ0n) is 19.3. The van der Waals surface area contributed by atoms with E-state index < -0.39 is 11.7 Å². The molecule has 0 saturated carbocycles. The lowest BCUT2D eigenvalue weighted by atomic mass is 10.0. The van der Waals surface area contributed by atoms with E-state index in [0.717, 1.165) is 37.1 Å². The van der Waals surface area contributed by atoms with Gasteiger partial charge in [-0.25, -0.2) is 4.79 Å². The quantitative estimate of drug-likeness (QED) is 0.502. The molecule has 2 aromatic rings. The number of hydrogen-bond acceptors (Lipinski definition) is 6. The van der Waals surface area contributed by atoms with Crippen molar-refractivity contribution >= 4 is 40.6 Å². The Morgan fingerprint density at radius 2 is 1.94 bits per heavy atom. The Hall–Kier alpha value is -2.29. The number of likely N-dealkylation sites (tertiary alicyclic amines) is 1. The number of hydrogen-bond donors (Lipinski definition) is 3. The fourth-order valence-corrected chi connectivity index (χ4v) is 4.64. The smallest absolute Gasteiger partial charge is 0.410 e. The fourth-order valence-electron chi connectivity index (χ4n) is 3.68. The normalized spacial score (nSPS) is 17.0. The molecule has 3 N–H and O–H groups in total. The second-order valence-electron chi connectivity index (χ2n) is 9.22. The van der Waals surface area contributed by atoms with E-state index in [4.69, 9.17) is 16.3 Å². The zero-order valence-corrected chi connectivity index (χ0v) is 20.8. The molecule has 1 fully saturated rings. The number of aliphatic hydroxyl groups excluding tert-OH is 1. The molecule has 1 aromatic heterocycles. The van der Waals surface area contributed by atoms with Crippen molar-refractivity contribution in [2.45, 2.75) is 57.8 Å². The van der Waals surface area contributed by atoms with Crippen molar-refractivity contribution in [2.24, 2.45) is 0 Å². The van der Waals surface area contributed by atoms with E-state index in [1.54, 1.807) is 12.1 Å².